The molecule has 2 aromatic rings. The second-order valence-electron chi connectivity index (χ2n) is 7.57. The van der Waals surface area contributed by atoms with E-state index in [0.29, 0.717) is 17.8 Å². The van der Waals surface area contributed by atoms with Crippen LogP contribution in [0.3, 0.4) is 0 Å². The minimum absolute atomic E-state index is 0. The zero-order chi connectivity index (χ0) is 18.5. The molecule has 0 amide bonds. The molecule has 1 aliphatic heterocycles. The van der Waals surface area contributed by atoms with Crippen molar-refractivity contribution in [3.8, 4) is 0 Å². The van der Waals surface area contributed by atoms with E-state index in [2.05, 4.69) is 70.7 Å². The van der Waals surface area contributed by atoms with Crippen LogP contribution in [0.1, 0.15) is 43.2 Å². The summed E-state index contributed by atoms with van der Waals surface area (Å²) in [5.74, 6) is 2.60. The number of rotatable bonds is 5. The molecule has 148 valence electrons. The first kappa shape index (κ1) is 21.7. The molecule has 1 fully saturated rings. The third-order valence-corrected chi connectivity index (χ3v) is 5.41. The molecule has 2 unspecified atom stereocenters. The molecule has 0 spiro atoms. The van der Waals surface area contributed by atoms with Gasteiger partial charge in [0.1, 0.15) is 0 Å². The normalized spacial score (nSPS) is 18.5. The molecule has 0 aliphatic carbocycles. The van der Waals surface area contributed by atoms with E-state index in [9.17, 15) is 0 Å². The third kappa shape index (κ3) is 5.46. The van der Waals surface area contributed by atoms with Crippen molar-refractivity contribution < 1.29 is 0 Å². The Hall–Kier alpha value is -1.57. The minimum atomic E-state index is 0. The molecule has 1 aliphatic rings. The van der Waals surface area contributed by atoms with Gasteiger partial charge in [-0.05, 0) is 23.5 Å². The van der Waals surface area contributed by atoms with Crippen molar-refractivity contribution >= 4 is 29.9 Å². The zero-order valence-corrected chi connectivity index (χ0v) is 19.1. The molecule has 0 saturated carbocycles. The highest BCUT2D eigenvalue weighted by molar-refractivity contribution is 14.0. The number of benzene rings is 1. The Labute approximate surface area is 180 Å². The summed E-state index contributed by atoms with van der Waals surface area (Å²) in [5.41, 5.74) is 2.72. The van der Waals surface area contributed by atoms with Crippen molar-refractivity contribution in [1.82, 2.24) is 20.0 Å². The van der Waals surface area contributed by atoms with E-state index in [4.69, 9.17) is 0 Å². The van der Waals surface area contributed by atoms with Crippen molar-refractivity contribution in [2.45, 2.75) is 32.1 Å². The summed E-state index contributed by atoms with van der Waals surface area (Å²) in [7, 11) is 3.86. The molecular formula is C21H32IN5. The second kappa shape index (κ2) is 10.1. The molecule has 2 atom stereocenters. The maximum Gasteiger partial charge on any atom is 0.193 e. The van der Waals surface area contributed by atoms with Gasteiger partial charge in [0.05, 0.1) is 6.20 Å². The molecular weight excluding hydrogens is 449 g/mol. The van der Waals surface area contributed by atoms with Gasteiger partial charge in [0.15, 0.2) is 5.96 Å². The van der Waals surface area contributed by atoms with E-state index in [-0.39, 0.29) is 24.0 Å². The fourth-order valence-electron chi connectivity index (χ4n) is 3.85. The van der Waals surface area contributed by atoms with Gasteiger partial charge < -0.3 is 10.2 Å². The van der Waals surface area contributed by atoms with Gasteiger partial charge in [0, 0.05) is 51.8 Å². The lowest BCUT2D eigenvalue weighted by Gasteiger charge is -2.26. The summed E-state index contributed by atoms with van der Waals surface area (Å²) >= 11 is 0. The Morgan fingerprint density at radius 1 is 1.30 bits per heavy atom. The van der Waals surface area contributed by atoms with Crippen molar-refractivity contribution in [3.63, 3.8) is 0 Å². The van der Waals surface area contributed by atoms with E-state index in [0.717, 1.165) is 32.0 Å². The lowest BCUT2D eigenvalue weighted by Crippen LogP contribution is -2.42. The van der Waals surface area contributed by atoms with E-state index in [1.807, 2.05) is 25.0 Å². The highest BCUT2D eigenvalue weighted by atomic mass is 127. The van der Waals surface area contributed by atoms with Crippen LogP contribution >= 0.6 is 24.0 Å². The van der Waals surface area contributed by atoms with Gasteiger partial charge in [-0.1, -0.05) is 44.2 Å². The molecule has 1 N–H and O–H groups in total. The van der Waals surface area contributed by atoms with Crippen LogP contribution in [-0.4, -0.2) is 47.3 Å². The lowest BCUT2D eigenvalue weighted by molar-refractivity contribution is 0.452. The minimum Gasteiger partial charge on any atom is -0.356 e. The van der Waals surface area contributed by atoms with Crippen LogP contribution in [0.2, 0.25) is 0 Å². The fourth-order valence-corrected chi connectivity index (χ4v) is 3.85. The number of nitrogens with one attached hydrogen (secondary N) is 1. The Bertz CT molecular complexity index is 725. The number of likely N-dealkylation sites (tertiary alicyclic amines) is 1. The average Bonchev–Trinajstić information content (AvgIpc) is 3.28. The highest BCUT2D eigenvalue weighted by Crippen LogP contribution is 2.27. The topological polar surface area (TPSA) is 45.5 Å². The monoisotopic (exact) mass is 481 g/mol. The van der Waals surface area contributed by atoms with Crippen LogP contribution < -0.4 is 5.32 Å². The van der Waals surface area contributed by atoms with Gasteiger partial charge in [-0.25, -0.2) is 0 Å². The number of nitrogens with zero attached hydrogens (tertiary/aromatic N) is 4. The van der Waals surface area contributed by atoms with Crippen LogP contribution in [0.4, 0.5) is 0 Å². The maximum atomic E-state index is 4.54. The van der Waals surface area contributed by atoms with Gasteiger partial charge in [-0.2, -0.15) is 5.10 Å². The molecule has 1 saturated heterocycles. The SMILES string of the molecule is CN=C(NCC(c1ccccc1)C(C)C)N1CCC(c2cnn(C)c2)C1.I. The first-order valence-electron chi connectivity index (χ1n) is 9.57. The second-order valence-corrected chi connectivity index (χ2v) is 7.57. The molecule has 2 heterocycles. The van der Waals surface area contributed by atoms with Gasteiger partial charge in [-0.3, -0.25) is 9.67 Å². The van der Waals surface area contributed by atoms with Crippen LogP contribution in [0.15, 0.2) is 47.7 Å². The van der Waals surface area contributed by atoms with E-state index >= 15 is 0 Å². The predicted octanol–water partition coefficient (Wildman–Crippen LogP) is 3.84. The third-order valence-electron chi connectivity index (χ3n) is 5.41. The van der Waals surface area contributed by atoms with Gasteiger partial charge in [-0.15, -0.1) is 24.0 Å². The van der Waals surface area contributed by atoms with Crippen LogP contribution in [0.5, 0.6) is 0 Å². The average molecular weight is 481 g/mol. The van der Waals surface area contributed by atoms with Gasteiger partial charge >= 0.3 is 0 Å². The number of aromatic nitrogens is 2. The van der Waals surface area contributed by atoms with Gasteiger partial charge in [0.25, 0.3) is 0 Å². The van der Waals surface area contributed by atoms with Crippen LogP contribution in [0.25, 0.3) is 0 Å². The van der Waals surface area contributed by atoms with E-state index in [1.54, 1.807) is 0 Å². The lowest BCUT2D eigenvalue weighted by atomic mass is 9.88. The standard InChI is InChI=1S/C21H31N5.HI/c1-16(2)20(17-8-6-5-7-9-17)13-23-21(22-3)26-11-10-18(15-26)19-12-24-25(4)14-19;/h5-9,12,14,16,18,20H,10-11,13,15H2,1-4H3,(H,22,23);1H. The molecule has 5 nitrogen and oxygen atoms in total. The van der Waals surface area contributed by atoms with Crippen molar-refractivity contribution in [2.75, 3.05) is 26.7 Å². The van der Waals surface area contributed by atoms with Crippen LogP contribution in [-0.2, 0) is 7.05 Å². The molecule has 3 rings (SSSR count). The zero-order valence-electron chi connectivity index (χ0n) is 16.8. The van der Waals surface area contributed by atoms with E-state index in [1.165, 1.54) is 11.1 Å². The summed E-state index contributed by atoms with van der Waals surface area (Å²) in [6.45, 7) is 7.52. The number of hydrogen-bond donors (Lipinski definition) is 1. The fraction of sp³-hybridized carbons (Fsp3) is 0.524. The largest absolute Gasteiger partial charge is 0.356 e. The quantitative estimate of drug-likeness (QED) is 0.401. The highest BCUT2D eigenvalue weighted by Gasteiger charge is 2.27. The Balaban J connectivity index is 0.00000261. The van der Waals surface area contributed by atoms with Crippen molar-refractivity contribution in [2.24, 2.45) is 18.0 Å². The number of guanidine groups is 1. The molecule has 27 heavy (non-hydrogen) atoms. The Morgan fingerprint density at radius 3 is 2.63 bits per heavy atom. The molecule has 1 aromatic carbocycles. The first-order valence-corrected chi connectivity index (χ1v) is 9.57. The predicted molar refractivity (Wildman–Crippen MR) is 123 cm³/mol. The van der Waals surface area contributed by atoms with E-state index < -0.39 is 0 Å². The molecule has 6 heteroatoms. The smallest absolute Gasteiger partial charge is 0.193 e. The number of halogens is 1. The summed E-state index contributed by atoms with van der Waals surface area (Å²) in [6.07, 6.45) is 5.28. The Morgan fingerprint density at radius 2 is 2.04 bits per heavy atom. The number of aryl methyl sites for hydroxylation is 1. The summed E-state index contributed by atoms with van der Waals surface area (Å²) in [4.78, 5) is 6.91. The molecule has 0 radical (unpaired) electrons. The summed E-state index contributed by atoms with van der Waals surface area (Å²) in [5, 5.41) is 7.94. The van der Waals surface area contributed by atoms with Crippen molar-refractivity contribution in [3.05, 3.63) is 53.9 Å². The Kier molecular flexibility index (Phi) is 8.13. The summed E-state index contributed by atoms with van der Waals surface area (Å²) in [6, 6.07) is 10.8. The van der Waals surface area contributed by atoms with Crippen LogP contribution in [0, 0.1) is 5.92 Å². The number of hydrogen-bond acceptors (Lipinski definition) is 2. The first-order chi connectivity index (χ1) is 12.6. The van der Waals surface area contributed by atoms with Crippen molar-refractivity contribution in [1.29, 1.82) is 0 Å². The maximum absolute atomic E-state index is 4.54. The molecule has 0 bridgehead atoms. The molecule has 1 aromatic heterocycles. The number of aliphatic imine (C=N–C) groups is 1. The van der Waals surface area contributed by atoms with Gasteiger partial charge in [0.2, 0.25) is 0 Å². The summed E-state index contributed by atoms with van der Waals surface area (Å²) < 4.78 is 1.89.